The van der Waals surface area contributed by atoms with Crippen molar-refractivity contribution in [1.82, 2.24) is 9.88 Å². The Kier molecular flexibility index (Phi) is 5.68. The smallest absolute Gasteiger partial charge is 0.254 e. The highest BCUT2D eigenvalue weighted by atomic mass is 35.5. The summed E-state index contributed by atoms with van der Waals surface area (Å²) in [4.78, 5) is 18.3. The first-order valence-corrected chi connectivity index (χ1v) is 7.88. The van der Waals surface area contributed by atoms with Crippen molar-refractivity contribution in [2.75, 3.05) is 0 Å². The van der Waals surface area contributed by atoms with Crippen molar-refractivity contribution in [2.45, 2.75) is 26.4 Å². The number of rotatable bonds is 4. The Morgan fingerprint density at radius 2 is 1.86 bits per heavy atom. The van der Waals surface area contributed by atoms with E-state index in [1.165, 1.54) is 6.20 Å². The fourth-order valence-electron chi connectivity index (χ4n) is 2.02. The fourth-order valence-corrected chi connectivity index (χ4v) is 2.52. The summed E-state index contributed by atoms with van der Waals surface area (Å²) in [6, 6.07) is 8.59. The van der Waals surface area contributed by atoms with E-state index in [1.54, 1.807) is 29.2 Å². The lowest BCUT2D eigenvalue weighted by Crippen LogP contribution is -2.36. The molecule has 2 rings (SSSR count). The molecule has 0 aliphatic rings. The van der Waals surface area contributed by atoms with Gasteiger partial charge in [0, 0.05) is 24.3 Å². The normalized spacial score (nSPS) is 10.8. The van der Waals surface area contributed by atoms with Gasteiger partial charge >= 0.3 is 0 Å². The Labute approximate surface area is 144 Å². The van der Waals surface area contributed by atoms with Crippen LogP contribution in [0.1, 0.15) is 29.8 Å². The Bertz CT molecular complexity index is 689. The van der Waals surface area contributed by atoms with Crippen LogP contribution in [0.15, 0.2) is 36.5 Å². The molecule has 22 heavy (non-hydrogen) atoms. The molecule has 0 saturated carbocycles. The third kappa shape index (κ3) is 4.13. The number of aromatic nitrogens is 1. The number of carbonyl (C=O) groups excluding carboxylic acids is 1. The van der Waals surface area contributed by atoms with E-state index < -0.39 is 0 Å². The minimum Gasteiger partial charge on any atom is -0.332 e. The van der Waals surface area contributed by atoms with Crippen molar-refractivity contribution in [1.29, 1.82) is 0 Å². The number of halogens is 3. The standard InChI is InChI=1S/C16H15Cl3N2O/c1-10(2)21(9-11-3-4-13(17)14(18)7-11)16(22)12-5-6-20-15(19)8-12/h3-8,10H,9H2,1-2H3. The maximum atomic E-state index is 12.7. The van der Waals surface area contributed by atoms with Gasteiger partial charge in [0.1, 0.15) is 5.15 Å². The number of hydrogen-bond donors (Lipinski definition) is 0. The van der Waals surface area contributed by atoms with E-state index in [-0.39, 0.29) is 11.9 Å². The summed E-state index contributed by atoms with van der Waals surface area (Å²) in [5.74, 6) is -0.106. The van der Waals surface area contributed by atoms with Gasteiger partial charge in [-0.2, -0.15) is 0 Å². The molecule has 0 aliphatic carbocycles. The molecule has 0 radical (unpaired) electrons. The van der Waals surface area contributed by atoms with Gasteiger partial charge in [-0.05, 0) is 43.7 Å². The molecule has 0 N–H and O–H groups in total. The molecule has 0 spiro atoms. The Balaban J connectivity index is 2.26. The molecule has 0 bridgehead atoms. The summed E-state index contributed by atoms with van der Waals surface area (Å²) >= 11 is 17.8. The van der Waals surface area contributed by atoms with Gasteiger partial charge in [-0.3, -0.25) is 4.79 Å². The number of amides is 1. The molecule has 3 nitrogen and oxygen atoms in total. The second kappa shape index (κ2) is 7.32. The molecule has 0 unspecified atom stereocenters. The minimum absolute atomic E-state index is 0.0221. The summed E-state index contributed by atoms with van der Waals surface area (Å²) in [6.45, 7) is 4.35. The van der Waals surface area contributed by atoms with E-state index in [1.807, 2.05) is 19.9 Å². The number of nitrogens with zero attached hydrogens (tertiary/aromatic N) is 2. The highest BCUT2D eigenvalue weighted by Gasteiger charge is 2.19. The van der Waals surface area contributed by atoms with Crippen LogP contribution in [-0.2, 0) is 6.54 Å². The molecule has 1 amide bonds. The molecule has 116 valence electrons. The first kappa shape index (κ1) is 17.1. The van der Waals surface area contributed by atoms with Crippen LogP contribution in [0.2, 0.25) is 15.2 Å². The van der Waals surface area contributed by atoms with Gasteiger partial charge in [0.25, 0.3) is 5.91 Å². The van der Waals surface area contributed by atoms with Crippen molar-refractivity contribution in [3.8, 4) is 0 Å². The third-order valence-electron chi connectivity index (χ3n) is 3.19. The lowest BCUT2D eigenvalue weighted by molar-refractivity contribution is 0.0690. The molecule has 0 atom stereocenters. The Hall–Kier alpha value is -1.29. The van der Waals surface area contributed by atoms with Gasteiger partial charge in [0.15, 0.2) is 0 Å². The predicted octanol–water partition coefficient (Wildman–Crippen LogP) is 5.09. The van der Waals surface area contributed by atoms with Crippen LogP contribution >= 0.6 is 34.8 Å². The fraction of sp³-hybridized carbons (Fsp3) is 0.250. The molecule has 0 saturated heterocycles. The van der Waals surface area contributed by atoms with E-state index in [4.69, 9.17) is 34.8 Å². The van der Waals surface area contributed by atoms with Gasteiger partial charge in [-0.25, -0.2) is 4.98 Å². The molecule has 1 aromatic heterocycles. The average molecular weight is 358 g/mol. The molecule has 6 heteroatoms. The Morgan fingerprint density at radius 3 is 2.45 bits per heavy atom. The van der Waals surface area contributed by atoms with Crippen LogP contribution in [0.3, 0.4) is 0 Å². The van der Waals surface area contributed by atoms with Crippen molar-refractivity contribution in [2.24, 2.45) is 0 Å². The summed E-state index contributed by atoms with van der Waals surface area (Å²) in [7, 11) is 0. The van der Waals surface area contributed by atoms with Gasteiger partial charge in [0.2, 0.25) is 0 Å². The van der Waals surface area contributed by atoms with E-state index >= 15 is 0 Å². The quantitative estimate of drug-likeness (QED) is 0.714. The van der Waals surface area contributed by atoms with E-state index in [2.05, 4.69) is 4.98 Å². The van der Waals surface area contributed by atoms with Crippen molar-refractivity contribution >= 4 is 40.7 Å². The molecule has 0 fully saturated rings. The molecule has 1 heterocycles. The summed E-state index contributed by atoms with van der Waals surface area (Å²) in [5, 5.41) is 1.26. The van der Waals surface area contributed by atoms with Gasteiger partial charge in [-0.15, -0.1) is 0 Å². The average Bonchev–Trinajstić information content (AvgIpc) is 2.47. The number of carbonyl (C=O) groups is 1. The van der Waals surface area contributed by atoms with E-state index in [0.29, 0.717) is 27.3 Å². The van der Waals surface area contributed by atoms with Crippen molar-refractivity contribution in [3.63, 3.8) is 0 Å². The van der Waals surface area contributed by atoms with Crippen LogP contribution in [0.5, 0.6) is 0 Å². The van der Waals surface area contributed by atoms with Crippen molar-refractivity contribution < 1.29 is 4.79 Å². The van der Waals surface area contributed by atoms with Crippen LogP contribution in [0.4, 0.5) is 0 Å². The maximum Gasteiger partial charge on any atom is 0.254 e. The van der Waals surface area contributed by atoms with E-state index in [0.717, 1.165) is 5.56 Å². The van der Waals surface area contributed by atoms with Crippen LogP contribution in [0, 0.1) is 0 Å². The zero-order valence-electron chi connectivity index (χ0n) is 12.2. The van der Waals surface area contributed by atoms with Crippen molar-refractivity contribution in [3.05, 3.63) is 62.9 Å². The monoisotopic (exact) mass is 356 g/mol. The summed E-state index contributed by atoms with van der Waals surface area (Å²) in [5.41, 5.74) is 1.42. The topological polar surface area (TPSA) is 33.2 Å². The van der Waals surface area contributed by atoms with Crippen LogP contribution < -0.4 is 0 Å². The van der Waals surface area contributed by atoms with E-state index in [9.17, 15) is 4.79 Å². The molecule has 0 aliphatic heterocycles. The number of pyridine rings is 1. The van der Waals surface area contributed by atoms with Gasteiger partial charge < -0.3 is 4.90 Å². The molecular formula is C16H15Cl3N2O. The highest BCUT2D eigenvalue weighted by molar-refractivity contribution is 6.42. The zero-order chi connectivity index (χ0) is 16.3. The predicted molar refractivity (Wildman–Crippen MR) is 90.7 cm³/mol. The lowest BCUT2D eigenvalue weighted by Gasteiger charge is -2.27. The second-order valence-corrected chi connectivity index (χ2v) is 6.34. The molecular weight excluding hydrogens is 343 g/mol. The lowest BCUT2D eigenvalue weighted by atomic mass is 10.1. The zero-order valence-corrected chi connectivity index (χ0v) is 14.5. The molecule has 2 aromatic rings. The number of benzene rings is 1. The third-order valence-corrected chi connectivity index (χ3v) is 4.14. The number of hydrogen-bond acceptors (Lipinski definition) is 2. The van der Waals surface area contributed by atoms with Gasteiger partial charge in [0.05, 0.1) is 10.0 Å². The second-order valence-electron chi connectivity index (χ2n) is 5.14. The maximum absolute atomic E-state index is 12.7. The SMILES string of the molecule is CC(C)N(Cc1ccc(Cl)c(Cl)c1)C(=O)c1ccnc(Cl)c1. The van der Waals surface area contributed by atoms with Crippen LogP contribution in [0.25, 0.3) is 0 Å². The van der Waals surface area contributed by atoms with Gasteiger partial charge in [-0.1, -0.05) is 40.9 Å². The highest BCUT2D eigenvalue weighted by Crippen LogP contribution is 2.24. The first-order chi connectivity index (χ1) is 10.4. The first-order valence-electron chi connectivity index (χ1n) is 6.75. The minimum atomic E-state index is -0.106. The summed E-state index contributed by atoms with van der Waals surface area (Å²) in [6.07, 6.45) is 1.52. The summed E-state index contributed by atoms with van der Waals surface area (Å²) < 4.78 is 0. The Morgan fingerprint density at radius 1 is 1.14 bits per heavy atom. The molecule has 1 aromatic carbocycles. The van der Waals surface area contributed by atoms with Crippen LogP contribution in [-0.4, -0.2) is 21.8 Å². The largest absolute Gasteiger partial charge is 0.332 e.